The van der Waals surface area contributed by atoms with Gasteiger partial charge >= 0.3 is 0 Å². The summed E-state index contributed by atoms with van der Waals surface area (Å²) in [5, 5.41) is 3.08. The van der Waals surface area contributed by atoms with Gasteiger partial charge in [0.25, 0.3) is 0 Å². The van der Waals surface area contributed by atoms with E-state index in [1.165, 1.54) is 6.42 Å². The molecule has 1 saturated heterocycles. The summed E-state index contributed by atoms with van der Waals surface area (Å²) in [7, 11) is 1.92. The molecule has 0 saturated carbocycles. The second kappa shape index (κ2) is 4.89. The largest absolute Gasteiger partial charge is 0.367 e. The van der Waals surface area contributed by atoms with Gasteiger partial charge in [-0.15, -0.1) is 0 Å². The molecule has 0 amide bonds. The summed E-state index contributed by atoms with van der Waals surface area (Å²) in [5.41, 5.74) is 0.821. The van der Waals surface area contributed by atoms with Gasteiger partial charge in [-0.3, -0.25) is 0 Å². The molecule has 4 heteroatoms. The van der Waals surface area contributed by atoms with Gasteiger partial charge in [0.2, 0.25) is 0 Å². The normalized spacial score (nSPS) is 25.6. The van der Waals surface area contributed by atoms with Gasteiger partial charge in [-0.05, 0) is 33.2 Å². The van der Waals surface area contributed by atoms with Crippen molar-refractivity contribution in [3.63, 3.8) is 0 Å². The van der Waals surface area contributed by atoms with Crippen molar-refractivity contribution >= 4 is 0 Å². The number of nitrogens with one attached hydrogen (secondary N) is 1. The average Bonchev–Trinajstić information content (AvgIpc) is 2.31. The van der Waals surface area contributed by atoms with Crippen LogP contribution in [0.1, 0.15) is 37.6 Å². The van der Waals surface area contributed by atoms with Crippen LogP contribution in [0.5, 0.6) is 0 Å². The van der Waals surface area contributed by atoms with Crippen LogP contribution in [-0.4, -0.2) is 23.6 Å². The van der Waals surface area contributed by atoms with Crippen LogP contribution in [0.15, 0.2) is 12.4 Å². The molecule has 1 fully saturated rings. The summed E-state index contributed by atoms with van der Waals surface area (Å²) in [6.07, 6.45) is 7.11. The van der Waals surface area contributed by atoms with E-state index in [0.717, 1.165) is 37.4 Å². The van der Waals surface area contributed by atoms with Crippen LogP contribution in [-0.2, 0) is 16.9 Å². The number of ether oxygens (including phenoxy) is 1. The zero-order valence-corrected chi connectivity index (χ0v) is 9.99. The van der Waals surface area contributed by atoms with E-state index in [-0.39, 0.29) is 5.60 Å². The van der Waals surface area contributed by atoms with Crippen LogP contribution in [0.4, 0.5) is 0 Å². The Balaban J connectivity index is 2.13. The molecule has 1 unspecified atom stereocenters. The van der Waals surface area contributed by atoms with Crippen LogP contribution in [0.25, 0.3) is 0 Å². The molecule has 1 atom stereocenters. The molecule has 0 radical (unpaired) electrons. The first-order valence-electron chi connectivity index (χ1n) is 5.84. The Bertz CT molecular complexity index is 331. The van der Waals surface area contributed by atoms with Gasteiger partial charge in [0.1, 0.15) is 5.60 Å². The summed E-state index contributed by atoms with van der Waals surface area (Å²) in [6, 6.07) is 0. The van der Waals surface area contributed by atoms with Gasteiger partial charge in [0, 0.05) is 31.1 Å². The van der Waals surface area contributed by atoms with E-state index in [1.807, 2.05) is 19.4 Å². The molecular formula is C12H19N3O. The highest BCUT2D eigenvalue weighted by molar-refractivity contribution is 5.09. The summed E-state index contributed by atoms with van der Waals surface area (Å²) < 4.78 is 5.81. The summed E-state index contributed by atoms with van der Waals surface area (Å²) in [4.78, 5) is 8.83. The van der Waals surface area contributed by atoms with Gasteiger partial charge in [-0.1, -0.05) is 0 Å². The van der Waals surface area contributed by atoms with Crippen LogP contribution < -0.4 is 5.32 Å². The SMILES string of the molecule is CNCc1cnc(C2(C)CCCCO2)nc1. The third kappa shape index (κ3) is 2.39. The van der Waals surface area contributed by atoms with Crippen LogP contribution in [0.2, 0.25) is 0 Å². The molecule has 0 bridgehead atoms. The van der Waals surface area contributed by atoms with E-state index in [1.54, 1.807) is 0 Å². The molecule has 1 aromatic heterocycles. The fourth-order valence-corrected chi connectivity index (χ4v) is 2.03. The van der Waals surface area contributed by atoms with Gasteiger partial charge in [-0.25, -0.2) is 9.97 Å². The zero-order chi connectivity index (χ0) is 11.4. The van der Waals surface area contributed by atoms with Gasteiger partial charge in [-0.2, -0.15) is 0 Å². The fourth-order valence-electron chi connectivity index (χ4n) is 2.03. The molecule has 1 N–H and O–H groups in total. The van der Waals surface area contributed by atoms with Gasteiger partial charge in [0.15, 0.2) is 5.82 Å². The van der Waals surface area contributed by atoms with Crippen molar-refractivity contribution in [1.29, 1.82) is 0 Å². The molecule has 4 nitrogen and oxygen atoms in total. The molecule has 0 aromatic carbocycles. The smallest absolute Gasteiger partial charge is 0.159 e. The highest BCUT2D eigenvalue weighted by Gasteiger charge is 2.32. The van der Waals surface area contributed by atoms with Crippen LogP contribution in [0, 0.1) is 0 Å². The maximum Gasteiger partial charge on any atom is 0.159 e. The Kier molecular flexibility index (Phi) is 3.51. The molecule has 2 rings (SSSR count). The van der Waals surface area contributed by atoms with Crippen molar-refractivity contribution in [2.45, 2.75) is 38.3 Å². The molecule has 0 aliphatic carbocycles. The second-order valence-electron chi connectivity index (χ2n) is 4.48. The summed E-state index contributed by atoms with van der Waals surface area (Å²) >= 11 is 0. The van der Waals surface area contributed by atoms with Crippen molar-refractivity contribution in [2.24, 2.45) is 0 Å². The van der Waals surface area contributed by atoms with Crippen molar-refractivity contribution in [3.05, 3.63) is 23.8 Å². The lowest BCUT2D eigenvalue weighted by atomic mass is 9.95. The average molecular weight is 221 g/mol. The fraction of sp³-hybridized carbons (Fsp3) is 0.667. The first-order valence-corrected chi connectivity index (χ1v) is 5.84. The van der Waals surface area contributed by atoms with Crippen LogP contribution >= 0.6 is 0 Å². The second-order valence-corrected chi connectivity index (χ2v) is 4.48. The van der Waals surface area contributed by atoms with Crippen molar-refractivity contribution in [3.8, 4) is 0 Å². The molecule has 1 aliphatic heterocycles. The first-order chi connectivity index (χ1) is 7.74. The molecule has 1 aliphatic rings. The van der Waals surface area contributed by atoms with E-state index in [2.05, 4.69) is 22.2 Å². The topological polar surface area (TPSA) is 47.0 Å². The van der Waals surface area contributed by atoms with E-state index >= 15 is 0 Å². The van der Waals surface area contributed by atoms with Crippen molar-refractivity contribution in [2.75, 3.05) is 13.7 Å². The molecule has 88 valence electrons. The lowest BCUT2D eigenvalue weighted by Gasteiger charge is -2.32. The Morgan fingerprint density at radius 3 is 2.69 bits per heavy atom. The number of aromatic nitrogens is 2. The van der Waals surface area contributed by atoms with E-state index in [0.29, 0.717) is 0 Å². The highest BCUT2D eigenvalue weighted by Crippen LogP contribution is 2.32. The van der Waals surface area contributed by atoms with Crippen molar-refractivity contribution in [1.82, 2.24) is 15.3 Å². The summed E-state index contributed by atoms with van der Waals surface area (Å²) in [5.74, 6) is 0.812. The third-order valence-electron chi connectivity index (χ3n) is 3.03. The lowest BCUT2D eigenvalue weighted by molar-refractivity contribution is -0.0760. The minimum Gasteiger partial charge on any atom is -0.367 e. The van der Waals surface area contributed by atoms with Gasteiger partial charge < -0.3 is 10.1 Å². The standard InChI is InChI=1S/C12H19N3O/c1-12(5-3-4-6-16-12)11-14-8-10(7-13-2)9-15-11/h8-9,13H,3-7H2,1-2H3. The highest BCUT2D eigenvalue weighted by atomic mass is 16.5. The van der Waals surface area contributed by atoms with E-state index < -0.39 is 0 Å². The molecule has 0 spiro atoms. The first kappa shape index (κ1) is 11.5. The summed E-state index contributed by atoms with van der Waals surface area (Å²) in [6.45, 7) is 3.70. The quantitative estimate of drug-likeness (QED) is 0.842. The maximum atomic E-state index is 5.81. The number of rotatable bonds is 3. The Morgan fingerprint density at radius 1 is 1.38 bits per heavy atom. The van der Waals surface area contributed by atoms with Crippen molar-refractivity contribution < 1.29 is 4.74 Å². The predicted octanol–water partition coefficient (Wildman–Crippen LogP) is 1.61. The lowest BCUT2D eigenvalue weighted by Crippen LogP contribution is -2.32. The molecular weight excluding hydrogens is 202 g/mol. The van der Waals surface area contributed by atoms with Gasteiger partial charge in [0.05, 0.1) is 0 Å². The number of hydrogen-bond acceptors (Lipinski definition) is 4. The maximum absolute atomic E-state index is 5.81. The van der Waals surface area contributed by atoms with E-state index in [4.69, 9.17) is 4.74 Å². The molecule has 1 aromatic rings. The number of hydrogen-bond donors (Lipinski definition) is 1. The zero-order valence-electron chi connectivity index (χ0n) is 9.99. The van der Waals surface area contributed by atoms with Crippen LogP contribution in [0.3, 0.4) is 0 Å². The Labute approximate surface area is 96.4 Å². The monoisotopic (exact) mass is 221 g/mol. The molecule has 2 heterocycles. The minimum atomic E-state index is -0.281. The predicted molar refractivity (Wildman–Crippen MR) is 62.0 cm³/mol. The Morgan fingerprint density at radius 2 is 2.12 bits per heavy atom. The van der Waals surface area contributed by atoms with E-state index in [9.17, 15) is 0 Å². The third-order valence-corrected chi connectivity index (χ3v) is 3.03. The Hall–Kier alpha value is -1.00. The molecule has 16 heavy (non-hydrogen) atoms. The number of nitrogens with zero attached hydrogens (tertiary/aromatic N) is 2. The minimum absolute atomic E-state index is 0.281.